The summed E-state index contributed by atoms with van der Waals surface area (Å²) in [6.07, 6.45) is 14.9. The molecule has 2 atom stereocenters. The standard InChI is InChI=1S/C25H35N5O/c1-4-20-16-27-30-24(26-15-19-10-11-29(5-2)18(3)12-19)14-23(28-25(20)30)13-21-8-6-7-9-22(21)17-31/h10-12,14,16,21-22,26,31H,3-9,13,15,17H2,1-2H3/t21-,22+/m1/s1. The molecule has 0 spiro atoms. The molecule has 2 aliphatic rings. The maximum absolute atomic E-state index is 9.83. The van der Waals surface area contributed by atoms with Crippen molar-refractivity contribution in [3.8, 4) is 0 Å². The van der Waals surface area contributed by atoms with Crippen LogP contribution in [0.5, 0.6) is 0 Å². The van der Waals surface area contributed by atoms with Gasteiger partial charge in [-0.05, 0) is 62.2 Å². The predicted octanol–water partition coefficient (Wildman–Crippen LogP) is 4.33. The second kappa shape index (κ2) is 9.69. The van der Waals surface area contributed by atoms with Crippen LogP contribution in [0.2, 0.25) is 0 Å². The summed E-state index contributed by atoms with van der Waals surface area (Å²) >= 11 is 0. The molecule has 0 radical (unpaired) electrons. The second-order valence-electron chi connectivity index (χ2n) is 8.75. The number of aliphatic hydroxyl groups is 1. The van der Waals surface area contributed by atoms with Gasteiger partial charge in [-0.15, -0.1) is 0 Å². The van der Waals surface area contributed by atoms with Crippen LogP contribution >= 0.6 is 0 Å². The van der Waals surface area contributed by atoms with Gasteiger partial charge in [-0.25, -0.2) is 4.98 Å². The minimum Gasteiger partial charge on any atom is -0.396 e. The quantitative estimate of drug-likeness (QED) is 0.664. The normalized spacial score (nSPS) is 21.6. The largest absolute Gasteiger partial charge is 0.396 e. The number of allylic oxidation sites excluding steroid dienone is 1. The molecule has 2 aromatic heterocycles. The molecule has 1 aliphatic heterocycles. The fraction of sp³-hybridized carbons (Fsp3) is 0.520. The van der Waals surface area contributed by atoms with Crippen LogP contribution in [0.15, 0.2) is 48.5 Å². The molecule has 1 saturated carbocycles. The third-order valence-corrected chi connectivity index (χ3v) is 6.75. The van der Waals surface area contributed by atoms with E-state index < -0.39 is 0 Å². The molecule has 1 fully saturated rings. The summed E-state index contributed by atoms with van der Waals surface area (Å²) in [5.74, 6) is 1.86. The van der Waals surface area contributed by atoms with Crippen molar-refractivity contribution in [2.45, 2.75) is 52.4 Å². The van der Waals surface area contributed by atoms with Crippen LogP contribution in [0, 0.1) is 11.8 Å². The van der Waals surface area contributed by atoms with Gasteiger partial charge in [0.05, 0.1) is 6.20 Å². The summed E-state index contributed by atoms with van der Waals surface area (Å²) < 4.78 is 1.92. The summed E-state index contributed by atoms with van der Waals surface area (Å²) in [4.78, 5) is 7.12. The van der Waals surface area contributed by atoms with Gasteiger partial charge in [0.15, 0.2) is 5.65 Å². The minimum absolute atomic E-state index is 0.282. The number of aliphatic hydroxyl groups excluding tert-OH is 1. The molecule has 0 unspecified atom stereocenters. The Balaban J connectivity index is 1.58. The molecule has 6 heteroatoms. The first-order valence-electron chi connectivity index (χ1n) is 11.7. The number of aromatic nitrogens is 3. The molecule has 3 heterocycles. The van der Waals surface area contributed by atoms with Gasteiger partial charge in [-0.2, -0.15) is 9.61 Å². The zero-order valence-corrected chi connectivity index (χ0v) is 18.8. The number of rotatable bonds is 8. The highest BCUT2D eigenvalue weighted by Gasteiger charge is 2.25. The number of nitrogens with one attached hydrogen (secondary N) is 1. The lowest BCUT2D eigenvalue weighted by Gasteiger charge is -2.30. The highest BCUT2D eigenvalue weighted by atomic mass is 16.3. The Hall–Kier alpha value is -2.60. The molecule has 1 aliphatic carbocycles. The summed E-state index contributed by atoms with van der Waals surface area (Å²) in [6.45, 7) is 10.3. The van der Waals surface area contributed by atoms with Crippen molar-refractivity contribution in [2.24, 2.45) is 11.8 Å². The highest BCUT2D eigenvalue weighted by molar-refractivity contribution is 5.55. The van der Waals surface area contributed by atoms with Crippen LogP contribution in [-0.2, 0) is 12.8 Å². The summed E-state index contributed by atoms with van der Waals surface area (Å²) in [6, 6.07) is 2.14. The molecule has 0 amide bonds. The Morgan fingerprint density at radius 2 is 2.03 bits per heavy atom. The van der Waals surface area contributed by atoms with Crippen LogP contribution in [0.1, 0.15) is 50.8 Å². The molecule has 0 aromatic carbocycles. The number of hydrogen-bond acceptors (Lipinski definition) is 5. The first kappa shape index (κ1) is 21.6. The van der Waals surface area contributed by atoms with E-state index in [1.807, 2.05) is 10.7 Å². The summed E-state index contributed by atoms with van der Waals surface area (Å²) in [5.41, 5.74) is 5.40. The van der Waals surface area contributed by atoms with Crippen LogP contribution in [0.4, 0.5) is 5.82 Å². The van der Waals surface area contributed by atoms with Gasteiger partial charge in [0.2, 0.25) is 0 Å². The van der Waals surface area contributed by atoms with Crippen molar-refractivity contribution in [1.29, 1.82) is 0 Å². The smallest absolute Gasteiger partial charge is 0.160 e. The number of likely N-dealkylation sites (N-methyl/N-ethyl adjacent to an activating group) is 1. The average Bonchev–Trinajstić information content (AvgIpc) is 3.21. The van der Waals surface area contributed by atoms with Gasteiger partial charge < -0.3 is 15.3 Å². The van der Waals surface area contributed by atoms with Gasteiger partial charge in [-0.1, -0.05) is 26.3 Å². The number of aryl methyl sites for hydroxylation is 1. The maximum atomic E-state index is 9.83. The second-order valence-corrected chi connectivity index (χ2v) is 8.75. The van der Waals surface area contributed by atoms with Gasteiger partial charge in [-0.3, -0.25) is 0 Å². The maximum Gasteiger partial charge on any atom is 0.160 e. The fourth-order valence-electron chi connectivity index (χ4n) is 4.84. The summed E-state index contributed by atoms with van der Waals surface area (Å²) in [7, 11) is 0. The van der Waals surface area contributed by atoms with E-state index in [-0.39, 0.29) is 6.61 Å². The lowest BCUT2D eigenvalue weighted by molar-refractivity contribution is 0.134. The molecular weight excluding hydrogens is 386 g/mol. The molecule has 2 aromatic rings. The summed E-state index contributed by atoms with van der Waals surface area (Å²) in [5, 5.41) is 18.0. The molecule has 0 saturated heterocycles. The third-order valence-electron chi connectivity index (χ3n) is 6.75. The SMILES string of the molecule is C=C1C=C(CNc2cc(C[C@H]3CCCC[C@H]3CO)nc3c(CC)cnn23)C=CN1CC. The Kier molecular flexibility index (Phi) is 6.76. The molecule has 4 rings (SSSR count). The van der Waals surface area contributed by atoms with Crippen molar-refractivity contribution in [1.82, 2.24) is 19.5 Å². The predicted molar refractivity (Wildman–Crippen MR) is 126 cm³/mol. The zero-order valence-electron chi connectivity index (χ0n) is 18.8. The lowest BCUT2D eigenvalue weighted by atomic mass is 9.77. The monoisotopic (exact) mass is 421 g/mol. The van der Waals surface area contributed by atoms with Crippen molar-refractivity contribution in [2.75, 3.05) is 25.0 Å². The Morgan fingerprint density at radius 3 is 2.74 bits per heavy atom. The van der Waals surface area contributed by atoms with Gasteiger partial charge in [0.1, 0.15) is 5.82 Å². The Labute approximate surface area is 185 Å². The van der Waals surface area contributed by atoms with E-state index in [9.17, 15) is 5.11 Å². The minimum atomic E-state index is 0.282. The molecule has 166 valence electrons. The van der Waals surface area contributed by atoms with Crippen molar-refractivity contribution in [3.63, 3.8) is 0 Å². The van der Waals surface area contributed by atoms with E-state index in [1.165, 1.54) is 24.8 Å². The van der Waals surface area contributed by atoms with Crippen LogP contribution in [0.3, 0.4) is 0 Å². The zero-order chi connectivity index (χ0) is 21.8. The molecule has 6 nitrogen and oxygen atoms in total. The number of anilines is 1. The van der Waals surface area contributed by atoms with Gasteiger partial charge >= 0.3 is 0 Å². The Morgan fingerprint density at radius 1 is 1.23 bits per heavy atom. The highest BCUT2D eigenvalue weighted by Crippen LogP contribution is 2.32. The molecular formula is C25H35N5O. The van der Waals surface area contributed by atoms with Gasteiger partial charge in [0, 0.05) is 48.9 Å². The van der Waals surface area contributed by atoms with Crippen LogP contribution in [0.25, 0.3) is 5.65 Å². The molecule has 2 N–H and O–H groups in total. The van der Waals surface area contributed by atoms with Crippen LogP contribution < -0.4 is 5.32 Å². The van der Waals surface area contributed by atoms with Crippen LogP contribution in [-0.4, -0.2) is 44.3 Å². The Bertz CT molecular complexity index is 989. The first-order chi connectivity index (χ1) is 15.1. The van der Waals surface area contributed by atoms with Crippen molar-refractivity contribution >= 4 is 11.5 Å². The first-order valence-corrected chi connectivity index (χ1v) is 11.7. The average molecular weight is 422 g/mol. The number of nitrogens with zero attached hydrogens (tertiary/aromatic N) is 4. The fourth-order valence-corrected chi connectivity index (χ4v) is 4.84. The van der Waals surface area contributed by atoms with E-state index in [2.05, 4.69) is 60.2 Å². The number of hydrogen-bond donors (Lipinski definition) is 2. The van der Waals surface area contributed by atoms with Crippen molar-refractivity contribution in [3.05, 3.63) is 59.7 Å². The van der Waals surface area contributed by atoms with E-state index in [0.717, 1.165) is 54.2 Å². The van der Waals surface area contributed by atoms with E-state index >= 15 is 0 Å². The van der Waals surface area contributed by atoms with E-state index in [1.54, 1.807) is 0 Å². The van der Waals surface area contributed by atoms with E-state index in [4.69, 9.17) is 4.98 Å². The topological polar surface area (TPSA) is 65.7 Å². The molecule has 31 heavy (non-hydrogen) atoms. The van der Waals surface area contributed by atoms with Gasteiger partial charge in [0.25, 0.3) is 0 Å². The number of fused-ring (bicyclic) bond motifs is 1. The molecule has 0 bridgehead atoms. The lowest BCUT2D eigenvalue weighted by Crippen LogP contribution is -2.25. The third kappa shape index (κ3) is 4.69. The van der Waals surface area contributed by atoms with Crippen molar-refractivity contribution < 1.29 is 5.11 Å². The van der Waals surface area contributed by atoms with E-state index in [0.29, 0.717) is 18.4 Å².